The van der Waals surface area contributed by atoms with Crippen LogP contribution >= 0.6 is 15.9 Å². The summed E-state index contributed by atoms with van der Waals surface area (Å²) >= 11 is 3.28. The number of nitrogens with zero attached hydrogens (tertiary/aromatic N) is 1. The molecule has 162 valence electrons. The Bertz CT molecular complexity index is 1060. The van der Waals surface area contributed by atoms with Crippen LogP contribution in [0.2, 0.25) is 0 Å². The van der Waals surface area contributed by atoms with E-state index >= 15 is 0 Å². The second-order valence-electron chi connectivity index (χ2n) is 7.03. The maximum absolute atomic E-state index is 12.8. The molecule has 0 radical (unpaired) electrons. The van der Waals surface area contributed by atoms with E-state index < -0.39 is 21.8 Å². The fourth-order valence-electron chi connectivity index (χ4n) is 3.35. The summed E-state index contributed by atoms with van der Waals surface area (Å²) < 4.78 is 35.8. The third-order valence-corrected chi connectivity index (χ3v) is 6.86. The Morgan fingerprint density at radius 3 is 2.40 bits per heavy atom. The number of rotatable bonds is 6. The van der Waals surface area contributed by atoms with E-state index in [2.05, 4.69) is 31.5 Å². The van der Waals surface area contributed by atoms with Gasteiger partial charge in [0.2, 0.25) is 10.0 Å². The lowest BCUT2D eigenvalue weighted by molar-refractivity contribution is 0.0842. The molecule has 1 aliphatic carbocycles. The van der Waals surface area contributed by atoms with Crippen LogP contribution in [0.25, 0.3) is 0 Å². The van der Waals surface area contributed by atoms with E-state index in [9.17, 15) is 18.0 Å². The average molecular weight is 499 g/mol. The first-order chi connectivity index (χ1) is 14.2. The molecule has 1 aromatic carbocycles. The molecule has 0 bridgehead atoms. The van der Waals surface area contributed by atoms with Gasteiger partial charge in [-0.05, 0) is 53.0 Å². The topological polar surface area (TPSA) is 119 Å². The molecule has 9 nitrogen and oxygen atoms in total. The summed E-state index contributed by atoms with van der Waals surface area (Å²) in [5, 5.41) is 0. The van der Waals surface area contributed by atoms with Crippen LogP contribution in [0.1, 0.15) is 46.5 Å². The van der Waals surface area contributed by atoms with Crippen LogP contribution in [-0.4, -0.2) is 38.0 Å². The number of amides is 2. The molecule has 3 rings (SSSR count). The second-order valence-corrected chi connectivity index (χ2v) is 9.63. The van der Waals surface area contributed by atoms with Gasteiger partial charge >= 0.3 is 0 Å². The molecule has 1 heterocycles. The molecule has 1 fully saturated rings. The largest absolute Gasteiger partial charge is 0.495 e. The lowest BCUT2D eigenvalue weighted by Gasteiger charge is -2.16. The van der Waals surface area contributed by atoms with Crippen LogP contribution in [-0.2, 0) is 17.1 Å². The van der Waals surface area contributed by atoms with Gasteiger partial charge < -0.3 is 9.30 Å². The van der Waals surface area contributed by atoms with E-state index in [4.69, 9.17) is 4.74 Å². The molecule has 2 aromatic rings. The van der Waals surface area contributed by atoms with Crippen molar-refractivity contribution in [1.82, 2.24) is 20.1 Å². The van der Waals surface area contributed by atoms with Gasteiger partial charge in [-0.1, -0.05) is 12.8 Å². The smallest absolute Gasteiger partial charge is 0.286 e. The first-order valence-electron chi connectivity index (χ1n) is 9.34. The van der Waals surface area contributed by atoms with Crippen LogP contribution in [0.4, 0.5) is 0 Å². The summed E-state index contributed by atoms with van der Waals surface area (Å²) in [6, 6.07) is 5.55. The predicted molar refractivity (Wildman–Crippen MR) is 114 cm³/mol. The molecular weight excluding hydrogens is 476 g/mol. The van der Waals surface area contributed by atoms with Gasteiger partial charge in [0, 0.05) is 29.3 Å². The van der Waals surface area contributed by atoms with Crippen LogP contribution in [0, 0.1) is 0 Å². The van der Waals surface area contributed by atoms with Gasteiger partial charge in [-0.25, -0.2) is 13.1 Å². The number of nitrogens with one attached hydrogen (secondary N) is 3. The van der Waals surface area contributed by atoms with Crippen molar-refractivity contribution in [2.75, 3.05) is 7.11 Å². The summed E-state index contributed by atoms with van der Waals surface area (Å²) in [6.07, 6.45) is 5.22. The molecule has 0 spiro atoms. The number of hydrazine groups is 1. The normalized spacial score (nSPS) is 14.5. The van der Waals surface area contributed by atoms with Gasteiger partial charge in [0.25, 0.3) is 11.8 Å². The minimum Gasteiger partial charge on any atom is -0.495 e. The first kappa shape index (κ1) is 22.3. The highest BCUT2D eigenvalue weighted by Gasteiger charge is 2.26. The Labute approximate surface area is 183 Å². The zero-order chi connectivity index (χ0) is 21.9. The number of ether oxygens (including phenoxy) is 1. The van der Waals surface area contributed by atoms with E-state index in [1.165, 1.54) is 25.3 Å². The van der Waals surface area contributed by atoms with Crippen molar-refractivity contribution in [2.45, 2.75) is 36.6 Å². The Morgan fingerprint density at radius 2 is 1.80 bits per heavy atom. The molecule has 3 N–H and O–H groups in total. The SMILES string of the molecule is COc1ccc(C(=O)NNC(=O)c2cc(Br)cn2C)cc1S(=O)(=O)NC1CCCC1. The van der Waals surface area contributed by atoms with E-state index in [1.807, 2.05) is 0 Å². The molecule has 1 saturated carbocycles. The number of benzene rings is 1. The van der Waals surface area contributed by atoms with Gasteiger partial charge in [-0.3, -0.25) is 20.4 Å². The highest BCUT2D eigenvalue weighted by atomic mass is 79.9. The Kier molecular flexibility index (Phi) is 6.84. The van der Waals surface area contributed by atoms with Crippen molar-refractivity contribution in [3.63, 3.8) is 0 Å². The molecule has 0 unspecified atom stereocenters. The number of halogens is 1. The summed E-state index contributed by atoms with van der Waals surface area (Å²) in [7, 11) is -0.814. The van der Waals surface area contributed by atoms with Crippen molar-refractivity contribution in [1.29, 1.82) is 0 Å². The molecule has 0 atom stereocenters. The van der Waals surface area contributed by atoms with Crippen LogP contribution in [0.5, 0.6) is 5.75 Å². The summed E-state index contributed by atoms with van der Waals surface area (Å²) in [5.41, 5.74) is 5.02. The zero-order valence-electron chi connectivity index (χ0n) is 16.6. The maximum atomic E-state index is 12.8. The summed E-state index contributed by atoms with van der Waals surface area (Å²) in [6.45, 7) is 0. The number of aryl methyl sites for hydroxylation is 1. The van der Waals surface area contributed by atoms with Crippen molar-refractivity contribution < 1.29 is 22.7 Å². The minimum absolute atomic E-state index is 0.0657. The summed E-state index contributed by atoms with van der Waals surface area (Å²) in [5.74, 6) is -1.04. The van der Waals surface area contributed by atoms with Gasteiger partial charge in [-0.15, -0.1) is 0 Å². The van der Waals surface area contributed by atoms with Crippen LogP contribution in [0.3, 0.4) is 0 Å². The number of aromatic nitrogens is 1. The van der Waals surface area contributed by atoms with Crippen molar-refractivity contribution in [2.24, 2.45) is 7.05 Å². The lowest BCUT2D eigenvalue weighted by atomic mass is 10.2. The Hall–Kier alpha value is -2.37. The van der Waals surface area contributed by atoms with Gasteiger partial charge in [0.05, 0.1) is 7.11 Å². The quantitative estimate of drug-likeness (QED) is 0.526. The zero-order valence-corrected chi connectivity index (χ0v) is 19.0. The first-order valence-corrected chi connectivity index (χ1v) is 11.6. The molecule has 30 heavy (non-hydrogen) atoms. The van der Waals surface area contributed by atoms with E-state index in [0.717, 1.165) is 30.2 Å². The molecule has 1 aliphatic rings. The molecule has 0 aliphatic heterocycles. The number of sulfonamides is 1. The van der Waals surface area contributed by atoms with E-state index in [-0.39, 0.29) is 22.3 Å². The monoisotopic (exact) mass is 498 g/mol. The number of hydrogen-bond donors (Lipinski definition) is 3. The van der Waals surface area contributed by atoms with Crippen LogP contribution in [0.15, 0.2) is 39.8 Å². The van der Waals surface area contributed by atoms with Gasteiger partial charge in [0.15, 0.2) is 0 Å². The van der Waals surface area contributed by atoms with Crippen molar-refractivity contribution in [3.05, 3.63) is 46.2 Å². The molecule has 0 saturated heterocycles. The highest BCUT2D eigenvalue weighted by Crippen LogP contribution is 2.27. The van der Waals surface area contributed by atoms with Gasteiger partial charge in [0.1, 0.15) is 16.3 Å². The number of carbonyl (C=O) groups is 2. The number of hydrogen-bond acceptors (Lipinski definition) is 5. The standard InChI is InChI=1S/C19H23BrN4O5S/c1-24-11-13(20)10-15(24)19(26)22-21-18(25)12-7-8-16(29-2)17(9-12)30(27,28)23-14-5-3-4-6-14/h7-11,14,23H,3-6H2,1-2H3,(H,21,25)(H,22,26). The number of carbonyl (C=O) groups excluding carboxylic acids is 2. The van der Waals surface area contributed by atoms with Crippen LogP contribution < -0.4 is 20.3 Å². The highest BCUT2D eigenvalue weighted by molar-refractivity contribution is 9.10. The second kappa shape index (κ2) is 9.19. The van der Waals surface area contributed by atoms with Crippen molar-refractivity contribution in [3.8, 4) is 5.75 Å². The third kappa shape index (κ3) is 5.02. The van der Waals surface area contributed by atoms with E-state index in [0.29, 0.717) is 5.69 Å². The summed E-state index contributed by atoms with van der Waals surface area (Å²) in [4.78, 5) is 24.6. The Morgan fingerprint density at radius 1 is 1.13 bits per heavy atom. The average Bonchev–Trinajstić information content (AvgIpc) is 3.33. The predicted octanol–water partition coefficient (Wildman–Crippen LogP) is 2.09. The van der Waals surface area contributed by atoms with Gasteiger partial charge in [-0.2, -0.15) is 0 Å². The maximum Gasteiger partial charge on any atom is 0.286 e. The minimum atomic E-state index is -3.87. The molecule has 2 amide bonds. The van der Waals surface area contributed by atoms with E-state index in [1.54, 1.807) is 23.9 Å². The van der Waals surface area contributed by atoms with Crippen molar-refractivity contribution >= 4 is 37.8 Å². The number of methoxy groups -OCH3 is 1. The fourth-order valence-corrected chi connectivity index (χ4v) is 5.38. The molecular formula is C19H23BrN4O5S. The third-order valence-electron chi connectivity index (χ3n) is 4.89. The Balaban J connectivity index is 1.75. The fraction of sp³-hybridized carbons (Fsp3) is 0.368. The lowest BCUT2D eigenvalue weighted by Crippen LogP contribution is -2.42. The molecule has 1 aromatic heterocycles. The molecule has 11 heteroatoms.